The van der Waals surface area contributed by atoms with Gasteiger partial charge in [-0.05, 0) is 240 Å². The van der Waals surface area contributed by atoms with E-state index in [0.717, 1.165) is 156 Å². The molecule has 0 aliphatic carbocycles. The van der Waals surface area contributed by atoms with Gasteiger partial charge < -0.3 is 0 Å². The van der Waals surface area contributed by atoms with Crippen molar-refractivity contribution in [1.82, 2.24) is 34.9 Å². The zero-order chi connectivity index (χ0) is 64.2. The van der Waals surface area contributed by atoms with Gasteiger partial charge in [0.2, 0.25) is 0 Å². The molecule has 6 aromatic heterocycles. The standard InChI is InChI=1S/C45H31N3.C44H30N4/c1-3-22-47-44(19-1)38-16-7-12-34(26-38)32-10-5-14-36(24-32)41-28-42(30-43(29-41)40-18-9-21-46-31-40)37-15-6-11-33(25-37)35-13-8-17-39(27-35)45-20-2-4-23-48-45;1-3-19-47-43(17-1)37-15-7-11-33(23-37)31-9-5-13-35(21-31)39-25-40(27-41(26-39)42-28-45-30-46-29-42)36-14-6-10-32(22-36)34-12-8-16-38(24-34)44-18-2-4-20-48-44/h1-31H;1-30H. The van der Waals surface area contributed by atoms with E-state index < -0.39 is 0 Å². The monoisotopic (exact) mass is 1230 g/mol. The number of hydrogen-bond donors (Lipinski definition) is 0. The smallest absolute Gasteiger partial charge is 0.115 e. The largest absolute Gasteiger partial charge is 0.264 e. The summed E-state index contributed by atoms with van der Waals surface area (Å²) in [6, 6.07) is 111. The Balaban J connectivity index is 0.000000158. The predicted octanol–water partition coefficient (Wildman–Crippen LogP) is 22.5. The van der Waals surface area contributed by atoms with Crippen molar-refractivity contribution in [3.05, 3.63) is 371 Å². The van der Waals surface area contributed by atoms with Gasteiger partial charge in [0, 0.05) is 83.0 Å². The molecule has 96 heavy (non-hydrogen) atoms. The number of benzene rings is 10. The Hall–Kier alpha value is -13.0. The first kappa shape index (κ1) is 59.3. The molecule has 0 bridgehead atoms. The minimum Gasteiger partial charge on any atom is -0.264 e. The van der Waals surface area contributed by atoms with Crippen molar-refractivity contribution in [3.8, 4) is 156 Å². The Bertz CT molecular complexity index is 4710. The molecule has 0 saturated heterocycles. The van der Waals surface area contributed by atoms with Gasteiger partial charge in [-0.3, -0.25) is 24.9 Å². The topological polar surface area (TPSA) is 90.2 Å². The molecule has 452 valence electrons. The van der Waals surface area contributed by atoms with E-state index in [1.54, 1.807) is 6.33 Å². The molecular weight excluding hydrogens is 1170 g/mol. The Labute approximate surface area is 559 Å². The van der Waals surface area contributed by atoms with Crippen LogP contribution in [0.4, 0.5) is 0 Å². The first-order valence-corrected chi connectivity index (χ1v) is 32.0. The second-order valence-corrected chi connectivity index (χ2v) is 23.5. The summed E-state index contributed by atoms with van der Waals surface area (Å²) in [6.45, 7) is 0. The molecule has 0 spiro atoms. The van der Waals surface area contributed by atoms with Crippen LogP contribution in [0.3, 0.4) is 0 Å². The summed E-state index contributed by atoms with van der Waals surface area (Å²) < 4.78 is 0. The lowest BCUT2D eigenvalue weighted by Crippen LogP contribution is -1.89. The minimum atomic E-state index is 0.962. The van der Waals surface area contributed by atoms with E-state index in [4.69, 9.17) is 0 Å². The summed E-state index contributed by atoms with van der Waals surface area (Å²) in [5, 5.41) is 0. The van der Waals surface area contributed by atoms with Crippen LogP contribution in [0.5, 0.6) is 0 Å². The van der Waals surface area contributed by atoms with Crippen molar-refractivity contribution < 1.29 is 0 Å². The van der Waals surface area contributed by atoms with E-state index in [2.05, 4.69) is 271 Å². The van der Waals surface area contributed by atoms with Crippen molar-refractivity contribution >= 4 is 0 Å². The molecule has 0 fully saturated rings. The first-order valence-electron chi connectivity index (χ1n) is 32.0. The van der Waals surface area contributed by atoms with Crippen LogP contribution in [0.1, 0.15) is 0 Å². The third kappa shape index (κ3) is 13.6. The molecule has 0 amide bonds. The third-order valence-corrected chi connectivity index (χ3v) is 17.2. The number of aromatic nitrogens is 7. The third-order valence-electron chi connectivity index (χ3n) is 17.2. The maximum Gasteiger partial charge on any atom is 0.115 e. The van der Waals surface area contributed by atoms with E-state index in [0.29, 0.717) is 0 Å². The summed E-state index contributed by atoms with van der Waals surface area (Å²) >= 11 is 0. The van der Waals surface area contributed by atoms with Crippen LogP contribution in [0.25, 0.3) is 156 Å². The second-order valence-electron chi connectivity index (χ2n) is 23.5. The fourth-order valence-electron chi connectivity index (χ4n) is 12.3. The number of rotatable bonds is 14. The Kier molecular flexibility index (Phi) is 17.2. The van der Waals surface area contributed by atoms with Crippen molar-refractivity contribution in [2.75, 3.05) is 0 Å². The molecule has 0 atom stereocenters. The van der Waals surface area contributed by atoms with Crippen LogP contribution in [-0.4, -0.2) is 34.9 Å². The molecule has 7 heteroatoms. The lowest BCUT2D eigenvalue weighted by Gasteiger charge is -2.13. The highest BCUT2D eigenvalue weighted by atomic mass is 14.8. The normalized spacial score (nSPS) is 10.9. The molecule has 10 aromatic carbocycles. The molecule has 0 saturated carbocycles. The first-order chi connectivity index (χ1) is 47.5. The van der Waals surface area contributed by atoms with Crippen LogP contribution >= 0.6 is 0 Å². The van der Waals surface area contributed by atoms with Gasteiger partial charge in [0.05, 0.1) is 22.8 Å². The average molecular weight is 1230 g/mol. The van der Waals surface area contributed by atoms with Gasteiger partial charge in [0.15, 0.2) is 0 Å². The SMILES string of the molecule is c1ccc(-c2cccc(-c3cccc(-c4cc(-c5cccnc5)cc(-c5cccc(-c6cccc(-c7ccccn7)c6)c5)c4)c3)c2)nc1.c1ccc(-c2cccc(-c3cccc(-c4cc(-c5cncnc5)cc(-c5cccc(-c6cccc(-c7ccccn7)c6)c5)c4)c3)c2)nc1. The Morgan fingerprint density at radius 1 is 0.135 bits per heavy atom. The summed E-state index contributed by atoms with van der Waals surface area (Å²) in [4.78, 5) is 31.3. The highest BCUT2D eigenvalue weighted by Crippen LogP contribution is 2.40. The Morgan fingerprint density at radius 2 is 0.344 bits per heavy atom. The van der Waals surface area contributed by atoms with E-state index >= 15 is 0 Å². The molecule has 16 aromatic rings. The van der Waals surface area contributed by atoms with Crippen LogP contribution in [-0.2, 0) is 0 Å². The Morgan fingerprint density at radius 3 is 0.594 bits per heavy atom. The molecule has 0 unspecified atom stereocenters. The lowest BCUT2D eigenvalue weighted by molar-refractivity contribution is 1.17. The number of hydrogen-bond acceptors (Lipinski definition) is 7. The van der Waals surface area contributed by atoms with Gasteiger partial charge >= 0.3 is 0 Å². The number of nitrogens with zero attached hydrogens (tertiary/aromatic N) is 7. The maximum atomic E-state index is 4.56. The van der Waals surface area contributed by atoms with Gasteiger partial charge in [-0.25, -0.2) is 9.97 Å². The zero-order valence-corrected chi connectivity index (χ0v) is 52.3. The minimum absolute atomic E-state index is 0.962. The average Bonchev–Trinajstić information content (AvgIpc) is 0.838. The second kappa shape index (κ2) is 27.9. The molecule has 6 heterocycles. The highest BCUT2D eigenvalue weighted by Gasteiger charge is 2.15. The molecule has 0 N–H and O–H groups in total. The fraction of sp³-hybridized carbons (Fsp3) is 0. The number of pyridine rings is 5. The van der Waals surface area contributed by atoms with Gasteiger partial charge in [-0.1, -0.05) is 176 Å². The van der Waals surface area contributed by atoms with Crippen LogP contribution in [0.2, 0.25) is 0 Å². The zero-order valence-electron chi connectivity index (χ0n) is 52.3. The highest BCUT2D eigenvalue weighted by molar-refractivity contribution is 5.87. The van der Waals surface area contributed by atoms with Gasteiger partial charge in [0.1, 0.15) is 6.33 Å². The fourth-order valence-corrected chi connectivity index (χ4v) is 12.3. The van der Waals surface area contributed by atoms with E-state index in [-0.39, 0.29) is 0 Å². The summed E-state index contributed by atoms with van der Waals surface area (Å²) in [5.41, 5.74) is 30.8. The van der Waals surface area contributed by atoms with Crippen LogP contribution < -0.4 is 0 Å². The van der Waals surface area contributed by atoms with E-state index in [9.17, 15) is 0 Å². The molecular formula is C89H61N7. The maximum absolute atomic E-state index is 4.56. The molecule has 0 aliphatic rings. The quantitative estimate of drug-likeness (QED) is 0.107. The van der Waals surface area contributed by atoms with Crippen LogP contribution in [0.15, 0.2) is 371 Å². The van der Waals surface area contributed by atoms with E-state index in [1.807, 2.05) is 128 Å². The summed E-state index contributed by atoms with van der Waals surface area (Å²) in [6.07, 6.45) is 16.4. The van der Waals surface area contributed by atoms with Crippen molar-refractivity contribution in [3.63, 3.8) is 0 Å². The van der Waals surface area contributed by atoms with Crippen molar-refractivity contribution in [2.24, 2.45) is 0 Å². The molecule has 0 aliphatic heterocycles. The van der Waals surface area contributed by atoms with Gasteiger partial charge in [-0.2, -0.15) is 0 Å². The van der Waals surface area contributed by atoms with Gasteiger partial charge in [0.25, 0.3) is 0 Å². The van der Waals surface area contributed by atoms with Gasteiger partial charge in [-0.15, -0.1) is 0 Å². The summed E-state index contributed by atoms with van der Waals surface area (Å²) in [5.74, 6) is 0. The molecule has 16 rings (SSSR count). The van der Waals surface area contributed by atoms with Crippen molar-refractivity contribution in [1.29, 1.82) is 0 Å². The van der Waals surface area contributed by atoms with E-state index in [1.165, 1.54) is 0 Å². The van der Waals surface area contributed by atoms with Crippen molar-refractivity contribution in [2.45, 2.75) is 0 Å². The summed E-state index contributed by atoms with van der Waals surface area (Å²) in [7, 11) is 0. The molecule has 7 nitrogen and oxygen atoms in total. The molecule has 0 radical (unpaired) electrons. The van der Waals surface area contributed by atoms with Crippen LogP contribution in [0, 0.1) is 0 Å². The predicted molar refractivity (Wildman–Crippen MR) is 394 cm³/mol. The lowest BCUT2D eigenvalue weighted by atomic mass is 9.91.